The van der Waals surface area contributed by atoms with E-state index in [1.54, 1.807) is 16.8 Å². The van der Waals surface area contributed by atoms with Gasteiger partial charge in [-0.05, 0) is 28.5 Å². The van der Waals surface area contributed by atoms with Gasteiger partial charge in [-0.3, -0.25) is 0 Å². The number of benzene rings is 2. The molecule has 2 aromatic carbocycles. The lowest BCUT2D eigenvalue weighted by Crippen LogP contribution is -2.14. The van der Waals surface area contributed by atoms with Crippen molar-refractivity contribution >= 4 is 28.8 Å². The van der Waals surface area contributed by atoms with E-state index in [1.807, 2.05) is 54.4 Å². The number of aromatic amines is 1. The molecule has 8 nitrogen and oxygen atoms in total. The minimum Gasteiger partial charge on any atom is -0.329 e. The summed E-state index contributed by atoms with van der Waals surface area (Å²) in [6.07, 6.45) is 1.70. The van der Waals surface area contributed by atoms with Crippen LogP contribution in [0.3, 0.4) is 0 Å². The van der Waals surface area contributed by atoms with Crippen LogP contribution in [0.15, 0.2) is 66.9 Å². The second-order valence-corrected chi connectivity index (χ2v) is 6.81. The van der Waals surface area contributed by atoms with Gasteiger partial charge < -0.3 is 4.90 Å². The number of nitrogens with one attached hydrogen (secondary N) is 1. The summed E-state index contributed by atoms with van der Waals surface area (Å²) in [6.45, 7) is 0. The number of hydrogen-bond acceptors (Lipinski definition) is 6. The van der Waals surface area contributed by atoms with Gasteiger partial charge in [0.1, 0.15) is 11.0 Å². The molecule has 0 spiro atoms. The average Bonchev–Trinajstić information content (AvgIpc) is 3.45. The fraction of sp³-hybridized carbons (Fsp3) is 0.0500. The van der Waals surface area contributed by atoms with Gasteiger partial charge in [0, 0.05) is 30.4 Å². The van der Waals surface area contributed by atoms with Crippen LogP contribution in [0.5, 0.6) is 0 Å². The van der Waals surface area contributed by atoms with Gasteiger partial charge in [-0.15, -0.1) is 10.2 Å². The zero-order chi connectivity index (χ0) is 19.8. The zero-order valence-electron chi connectivity index (χ0n) is 15.4. The lowest BCUT2D eigenvalue weighted by atomic mass is 9.99. The summed E-state index contributed by atoms with van der Waals surface area (Å²) in [6, 6.07) is 19.8. The Morgan fingerprint density at radius 1 is 1.00 bits per heavy atom. The van der Waals surface area contributed by atoms with Crippen LogP contribution >= 0.6 is 11.6 Å². The summed E-state index contributed by atoms with van der Waals surface area (Å²) >= 11 is 6.19. The monoisotopic (exact) mass is 402 g/mol. The van der Waals surface area contributed by atoms with Crippen LogP contribution in [0.4, 0.5) is 11.5 Å². The minimum atomic E-state index is 0.422. The normalized spacial score (nSPS) is 11.1. The maximum atomic E-state index is 6.19. The summed E-state index contributed by atoms with van der Waals surface area (Å²) in [5.41, 5.74) is 4.69. The van der Waals surface area contributed by atoms with Gasteiger partial charge in [0.25, 0.3) is 0 Å². The molecule has 3 heterocycles. The van der Waals surface area contributed by atoms with Crippen molar-refractivity contribution in [3.05, 3.63) is 72.0 Å². The molecule has 9 heteroatoms. The van der Waals surface area contributed by atoms with E-state index in [-0.39, 0.29) is 0 Å². The highest BCUT2D eigenvalue weighted by Crippen LogP contribution is 2.32. The van der Waals surface area contributed by atoms with Crippen LogP contribution in [-0.2, 0) is 0 Å². The number of hydrogen-bond donors (Lipinski definition) is 1. The SMILES string of the molecule is CN(c1ccc(-c2ccccc2-c2nn[nH]n2)cc1)c1cc(Cl)nc2ccnn12. The Morgan fingerprint density at radius 3 is 2.55 bits per heavy atom. The first-order valence-corrected chi connectivity index (χ1v) is 9.26. The van der Waals surface area contributed by atoms with Crippen LogP contribution in [0.2, 0.25) is 5.15 Å². The maximum absolute atomic E-state index is 6.19. The van der Waals surface area contributed by atoms with Crippen molar-refractivity contribution in [3.63, 3.8) is 0 Å². The molecule has 0 amide bonds. The number of H-pyrrole nitrogens is 1. The zero-order valence-corrected chi connectivity index (χ0v) is 16.1. The highest BCUT2D eigenvalue weighted by molar-refractivity contribution is 6.29. The summed E-state index contributed by atoms with van der Waals surface area (Å²) in [5, 5.41) is 19.1. The molecule has 0 bridgehead atoms. The molecule has 142 valence electrons. The standard InChI is InChI=1S/C20H15ClN8/c1-28(19-12-17(21)23-18-10-11-22-29(18)19)14-8-6-13(7-9-14)15-4-2-3-5-16(15)20-24-26-27-25-20/h2-12H,1H3,(H,24,25,26,27). The number of tetrazole rings is 1. The van der Waals surface area contributed by atoms with E-state index < -0.39 is 0 Å². The number of nitrogens with zero attached hydrogens (tertiary/aromatic N) is 7. The molecule has 29 heavy (non-hydrogen) atoms. The van der Waals surface area contributed by atoms with Gasteiger partial charge >= 0.3 is 0 Å². The Kier molecular flexibility index (Phi) is 4.18. The molecular formula is C20H15ClN8. The number of halogens is 1. The van der Waals surface area contributed by atoms with Crippen molar-refractivity contribution in [1.82, 2.24) is 35.2 Å². The molecule has 3 aromatic heterocycles. The van der Waals surface area contributed by atoms with Gasteiger partial charge in [-0.25, -0.2) is 4.98 Å². The first kappa shape index (κ1) is 17.3. The molecule has 0 unspecified atom stereocenters. The van der Waals surface area contributed by atoms with Gasteiger partial charge in [0.05, 0.1) is 6.20 Å². The third-order valence-electron chi connectivity index (χ3n) is 4.73. The number of rotatable bonds is 4. The second kappa shape index (κ2) is 6.99. The van der Waals surface area contributed by atoms with E-state index >= 15 is 0 Å². The Balaban J connectivity index is 1.52. The van der Waals surface area contributed by atoms with Gasteiger partial charge in [0.15, 0.2) is 5.65 Å². The van der Waals surface area contributed by atoms with E-state index in [1.165, 1.54) is 0 Å². The molecule has 0 atom stereocenters. The fourth-order valence-corrected chi connectivity index (χ4v) is 3.49. The van der Waals surface area contributed by atoms with Crippen molar-refractivity contribution in [2.24, 2.45) is 0 Å². The highest BCUT2D eigenvalue weighted by atomic mass is 35.5. The number of aromatic nitrogens is 7. The molecule has 0 radical (unpaired) electrons. The summed E-state index contributed by atoms with van der Waals surface area (Å²) < 4.78 is 1.76. The molecular weight excluding hydrogens is 388 g/mol. The van der Waals surface area contributed by atoms with E-state index in [0.717, 1.165) is 28.2 Å². The third kappa shape index (κ3) is 3.09. The van der Waals surface area contributed by atoms with Gasteiger partial charge in [0.2, 0.25) is 5.82 Å². The van der Waals surface area contributed by atoms with Gasteiger partial charge in [-0.2, -0.15) is 14.8 Å². The predicted molar refractivity (Wildman–Crippen MR) is 111 cm³/mol. The summed E-state index contributed by atoms with van der Waals surface area (Å²) in [5.74, 6) is 1.39. The van der Waals surface area contributed by atoms with Crippen molar-refractivity contribution < 1.29 is 0 Å². The lowest BCUT2D eigenvalue weighted by molar-refractivity contribution is 0.881. The first-order chi connectivity index (χ1) is 14.2. The van der Waals surface area contributed by atoms with Crippen LogP contribution < -0.4 is 4.90 Å². The Morgan fingerprint density at radius 2 is 1.79 bits per heavy atom. The fourth-order valence-electron chi connectivity index (χ4n) is 3.31. The van der Waals surface area contributed by atoms with Crippen LogP contribution in [0, 0.1) is 0 Å². The number of anilines is 2. The average molecular weight is 403 g/mol. The molecule has 5 rings (SSSR count). The van der Waals surface area contributed by atoms with Gasteiger partial charge in [-0.1, -0.05) is 48.0 Å². The maximum Gasteiger partial charge on any atom is 0.205 e. The van der Waals surface area contributed by atoms with E-state index in [0.29, 0.717) is 16.6 Å². The molecule has 5 aromatic rings. The van der Waals surface area contributed by atoms with Crippen LogP contribution in [0.25, 0.3) is 28.2 Å². The molecule has 0 fully saturated rings. The van der Waals surface area contributed by atoms with Crippen molar-refractivity contribution in [1.29, 1.82) is 0 Å². The summed E-state index contributed by atoms with van der Waals surface area (Å²) in [7, 11) is 1.97. The molecule has 0 saturated heterocycles. The smallest absolute Gasteiger partial charge is 0.205 e. The molecule has 0 aliphatic heterocycles. The third-order valence-corrected chi connectivity index (χ3v) is 4.93. The lowest BCUT2D eigenvalue weighted by Gasteiger charge is -2.20. The van der Waals surface area contributed by atoms with Crippen molar-refractivity contribution in [3.8, 4) is 22.5 Å². The van der Waals surface area contributed by atoms with E-state index in [2.05, 4.69) is 42.8 Å². The molecule has 0 aliphatic carbocycles. The second-order valence-electron chi connectivity index (χ2n) is 6.43. The highest BCUT2D eigenvalue weighted by Gasteiger charge is 2.13. The van der Waals surface area contributed by atoms with Crippen molar-refractivity contribution in [2.75, 3.05) is 11.9 Å². The van der Waals surface area contributed by atoms with E-state index in [9.17, 15) is 0 Å². The Labute approximate surface area is 170 Å². The quantitative estimate of drug-likeness (QED) is 0.457. The van der Waals surface area contributed by atoms with E-state index in [4.69, 9.17) is 11.6 Å². The Hall–Kier alpha value is -3.78. The van der Waals surface area contributed by atoms with Crippen LogP contribution in [0.1, 0.15) is 0 Å². The van der Waals surface area contributed by atoms with Crippen LogP contribution in [-0.4, -0.2) is 42.3 Å². The first-order valence-electron chi connectivity index (χ1n) is 8.88. The molecule has 0 saturated carbocycles. The predicted octanol–water partition coefficient (Wildman–Crippen LogP) is 4.00. The molecule has 1 N–H and O–H groups in total. The topological polar surface area (TPSA) is 87.9 Å². The number of fused-ring (bicyclic) bond motifs is 1. The van der Waals surface area contributed by atoms with Crippen molar-refractivity contribution in [2.45, 2.75) is 0 Å². The Bertz CT molecular complexity index is 1280. The largest absolute Gasteiger partial charge is 0.329 e. The molecule has 0 aliphatic rings. The summed E-state index contributed by atoms with van der Waals surface area (Å²) in [4.78, 5) is 6.30. The minimum absolute atomic E-state index is 0.422.